The van der Waals surface area contributed by atoms with E-state index in [0.717, 1.165) is 16.8 Å². The van der Waals surface area contributed by atoms with Crippen molar-refractivity contribution in [3.05, 3.63) is 87.4 Å². The highest BCUT2D eigenvalue weighted by Crippen LogP contribution is 2.47. The van der Waals surface area contributed by atoms with Gasteiger partial charge in [0.25, 0.3) is 0 Å². The van der Waals surface area contributed by atoms with Crippen LogP contribution in [0.1, 0.15) is 44.4 Å². The first kappa shape index (κ1) is 25.1. The lowest BCUT2D eigenvalue weighted by atomic mass is 9.91. The summed E-state index contributed by atoms with van der Waals surface area (Å²) in [6, 6.07) is 16.5. The number of fused-ring (bicyclic) bond motifs is 1. The fourth-order valence-electron chi connectivity index (χ4n) is 3.99. The number of halogens is 1. The van der Waals surface area contributed by atoms with Gasteiger partial charge in [0.05, 0.1) is 30.3 Å². The third kappa shape index (κ3) is 5.63. The zero-order valence-electron chi connectivity index (χ0n) is 20.0. The Morgan fingerprint density at radius 2 is 1.86 bits per heavy atom. The molecule has 0 saturated heterocycles. The second kappa shape index (κ2) is 11.1. The van der Waals surface area contributed by atoms with Gasteiger partial charge in [-0.1, -0.05) is 79.7 Å². The third-order valence-electron chi connectivity index (χ3n) is 5.59. The maximum Gasteiger partial charge on any atom is 0.338 e. The van der Waals surface area contributed by atoms with Crippen molar-refractivity contribution in [2.45, 2.75) is 33.2 Å². The highest BCUT2D eigenvalue weighted by atomic mass is 35.5. The van der Waals surface area contributed by atoms with Gasteiger partial charge < -0.3 is 15.0 Å². The quantitative estimate of drug-likeness (QED) is 0.457. The van der Waals surface area contributed by atoms with Gasteiger partial charge in [0, 0.05) is 22.8 Å². The minimum Gasteiger partial charge on any atom is -0.463 e. The van der Waals surface area contributed by atoms with Crippen LogP contribution < -0.4 is 5.32 Å². The van der Waals surface area contributed by atoms with Gasteiger partial charge >= 0.3 is 5.97 Å². The number of carbonyl (C=O) groups excluding carboxylic acids is 2. The molecule has 2 aliphatic rings. The number of benzene rings is 2. The maximum absolute atomic E-state index is 13.4. The van der Waals surface area contributed by atoms with E-state index < -0.39 is 12.0 Å². The number of amides is 1. The summed E-state index contributed by atoms with van der Waals surface area (Å²) in [5, 5.41) is 6.23. The maximum atomic E-state index is 13.4. The van der Waals surface area contributed by atoms with Crippen LogP contribution in [0, 0.1) is 5.92 Å². The van der Waals surface area contributed by atoms with E-state index in [1.54, 1.807) is 19.1 Å². The molecule has 2 aromatic rings. The van der Waals surface area contributed by atoms with Crippen LogP contribution in [0.2, 0.25) is 5.02 Å². The number of hydrogen-bond acceptors (Lipinski definition) is 6. The molecular weight excluding hydrogens is 482 g/mol. The summed E-state index contributed by atoms with van der Waals surface area (Å²) in [7, 11) is 0. The van der Waals surface area contributed by atoms with Crippen LogP contribution >= 0.6 is 23.4 Å². The number of esters is 1. The zero-order chi connectivity index (χ0) is 24.9. The normalized spacial score (nSPS) is 17.2. The molecule has 2 heterocycles. The number of aliphatic imine (C=N–C) groups is 1. The molecule has 0 bridgehead atoms. The largest absolute Gasteiger partial charge is 0.463 e. The summed E-state index contributed by atoms with van der Waals surface area (Å²) in [4.78, 5) is 33.0. The second-order valence-electron chi connectivity index (χ2n) is 8.67. The molecule has 35 heavy (non-hydrogen) atoms. The molecule has 1 N–H and O–H groups in total. The smallest absolute Gasteiger partial charge is 0.338 e. The molecular formula is C27H28ClN3O3S. The molecule has 2 aromatic carbocycles. The summed E-state index contributed by atoms with van der Waals surface area (Å²) >= 11 is 7.63. The van der Waals surface area contributed by atoms with Gasteiger partial charge in [0.15, 0.2) is 5.17 Å². The van der Waals surface area contributed by atoms with Gasteiger partial charge in [-0.05, 0) is 35.9 Å². The molecule has 0 radical (unpaired) electrons. The number of nitrogens with one attached hydrogen (secondary N) is 1. The lowest BCUT2D eigenvalue weighted by molar-refractivity contribution is -0.139. The Bertz CT molecular complexity index is 1190. The minimum absolute atomic E-state index is 0.0721. The van der Waals surface area contributed by atoms with Crippen molar-refractivity contribution in [1.29, 1.82) is 0 Å². The molecule has 0 fully saturated rings. The lowest BCUT2D eigenvalue weighted by Crippen LogP contribution is -2.38. The van der Waals surface area contributed by atoms with Gasteiger partial charge in [-0.15, -0.1) is 0 Å². The van der Waals surface area contributed by atoms with Gasteiger partial charge in [0.2, 0.25) is 5.91 Å². The summed E-state index contributed by atoms with van der Waals surface area (Å²) in [5.74, 6) is -0.154. The number of carbonyl (C=O) groups is 2. The van der Waals surface area contributed by atoms with E-state index in [2.05, 4.69) is 19.2 Å². The number of rotatable bonds is 8. The molecule has 6 nitrogen and oxygen atoms in total. The van der Waals surface area contributed by atoms with Crippen molar-refractivity contribution < 1.29 is 14.3 Å². The minimum atomic E-state index is -0.520. The van der Waals surface area contributed by atoms with E-state index in [9.17, 15) is 9.59 Å². The van der Waals surface area contributed by atoms with Crippen molar-refractivity contribution in [2.24, 2.45) is 10.9 Å². The first-order chi connectivity index (χ1) is 16.9. The number of ether oxygens (including phenoxy) is 1. The highest BCUT2D eigenvalue weighted by molar-refractivity contribution is 8.16. The average Bonchev–Trinajstić information content (AvgIpc) is 3.25. The monoisotopic (exact) mass is 509 g/mol. The molecule has 1 unspecified atom stereocenters. The molecule has 1 amide bonds. The van der Waals surface area contributed by atoms with Crippen LogP contribution in [-0.4, -0.2) is 35.1 Å². The van der Waals surface area contributed by atoms with Crippen LogP contribution in [0.15, 0.2) is 76.3 Å². The fraction of sp³-hybridized carbons (Fsp3) is 0.296. The van der Waals surface area contributed by atoms with Gasteiger partial charge in [-0.2, -0.15) is 0 Å². The topological polar surface area (TPSA) is 71.0 Å². The fourth-order valence-corrected chi connectivity index (χ4v) is 5.04. The summed E-state index contributed by atoms with van der Waals surface area (Å²) in [6.07, 6.45) is 0.180. The van der Waals surface area contributed by atoms with Crippen molar-refractivity contribution in [1.82, 2.24) is 10.2 Å². The summed E-state index contributed by atoms with van der Waals surface area (Å²) in [5.41, 5.74) is 3.46. The number of nitrogens with zero attached hydrogens (tertiary/aromatic N) is 2. The van der Waals surface area contributed by atoms with Crippen molar-refractivity contribution in [3.8, 4) is 0 Å². The van der Waals surface area contributed by atoms with Gasteiger partial charge in [-0.25, -0.2) is 9.79 Å². The van der Waals surface area contributed by atoms with Gasteiger partial charge in [-0.3, -0.25) is 4.79 Å². The number of amidine groups is 1. The molecule has 4 rings (SSSR count). The van der Waals surface area contributed by atoms with Crippen molar-refractivity contribution >= 4 is 46.1 Å². The molecule has 0 aromatic heterocycles. The Labute approximate surface area is 215 Å². The zero-order valence-corrected chi connectivity index (χ0v) is 21.5. The highest BCUT2D eigenvalue weighted by Gasteiger charge is 2.42. The van der Waals surface area contributed by atoms with Crippen molar-refractivity contribution in [2.75, 3.05) is 13.2 Å². The molecule has 1 atom stereocenters. The van der Waals surface area contributed by atoms with Gasteiger partial charge in [0.1, 0.15) is 0 Å². The second-order valence-corrected chi connectivity index (χ2v) is 9.94. The molecule has 0 saturated carbocycles. The molecule has 2 aliphatic heterocycles. The van der Waals surface area contributed by atoms with Crippen LogP contribution in [-0.2, 0) is 14.3 Å². The average molecular weight is 510 g/mol. The van der Waals surface area contributed by atoms with E-state index in [-0.39, 0.29) is 18.9 Å². The Morgan fingerprint density at radius 3 is 2.51 bits per heavy atom. The number of hydrogen-bond donors (Lipinski definition) is 1. The number of thioether (sulfide) groups is 1. The Morgan fingerprint density at radius 1 is 1.14 bits per heavy atom. The van der Waals surface area contributed by atoms with Crippen LogP contribution in [0.3, 0.4) is 0 Å². The van der Waals surface area contributed by atoms with Crippen LogP contribution in [0.4, 0.5) is 0 Å². The Kier molecular flexibility index (Phi) is 7.98. The first-order valence-electron chi connectivity index (χ1n) is 11.6. The SMILES string of the molecule is CCOC(=O)C1=C(c2ccccc2)N=C2SC=C(CC(=O)NCC(C)C)N2C1c1ccc(Cl)cc1. The summed E-state index contributed by atoms with van der Waals surface area (Å²) in [6.45, 7) is 6.73. The first-order valence-corrected chi connectivity index (χ1v) is 12.9. The van der Waals surface area contributed by atoms with Crippen molar-refractivity contribution in [3.63, 3.8) is 0 Å². The summed E-state index contributed by atoms with van der Waals surface area (Å²) < 4.78 is 5.51. The Hall–Kier alpha value is -3.03. The third-order valence-corrected chi connectivity index (χ3v) is 6.73. The van der Waals surface area contributed by atoms with E-state index >= 15 is 0 Å². The Balaban J connectivity index is 1.82. The predicted molar refractivity (Wildman–Crippen MR) is 142 cm³/mol. The molecule has 0 spiro atoms. The van der Waals surface area contributed by atoms with Crippen LogP contribution in [0.5, 0.6) is 0 Å². The molecule has 182 valence electrons. The van der Waals surface area contributed by atoms with E-state index in [1.807, 2.05) is 52.8 Å². The van der Waals surface area contributed by atoms with Crippen LogP contribution in [0.25, 0.3) is 5.70 Å². The predicted octanol–water partition coefficient (Wildman–Crippen LogP) is 5.78. The van der Waals surface area contributed by atoms with E-state index in [4.69, 9.17) is 21.3 Å². The molecule has 8 heteroatoms. The van der Waals surface area contributed by atoms with E-state index in [0.29, 0.717) is 33.9 Å². The molecule has 0 aliphatic carbocycles. The standard InChI is InChI=1S/C27H28ClN3O3S/c1-4-34-26(33)23-24(18-8-6-5-7-9-18)30-27-31(25(23)19-10-12-20(28)13-11-19)21(16-35-27)14-22(32)29-15-17(2)3/h5-13,16-17,25H,4,14-15H2,1-3H3,(H,29,32). The van der Waals surface area contributed by atoms with E-state index in [1.165, 1.54) is 11.8 Å². The lowest BCUT2D eigenvalue weighted by Gasteiger charge is -2.36.